The van der Waals surface area contributed by atoms with Crippen LogP contribution in [-0.2, 0) is 10.2 Å². The lowest BCUT2D eigenvalue weighted by molar-refractivity contribution is -0.133. The Labute approximate surface area is 130 Å². The molecule has 0 amide bonds. The molecule has 2 aromatic rings. The van der Waals surface area contributed by atoms with E-state index in [0.29, 0.717) is 5.03 Å². The van der Waals surface area contributed by atoms with Gasteiger partial charge in [-0.2, -0.15) is 0 Å². The van der Waals surface area contributed by atoms with E-state index in [-0.39, 0.29) is 11.2 Å². The molecule has 0 unspecified atom stereocenters. The average molecular weight is 355 g/mol. The number of benzene rings is 1. The SMILES string of the molecule is CC(C)(C)c1nc(SCC(=O)O)c2cc(Br)ccc2n1. The molecular formula is C14H15BrN2O2S. The lowest BCUT2D eigenvalue weighted by atomic mass is 9.95. The third-order valence-corrected chi connectivity index (χ3v) is 4.10. The van der Waals surface area contributed by atoms with Crippen molar-refractivity contribution in [3.63, 3.8) is 0 Å². The molecule has 0 aliphatic rings. The van der Waals surface area contributed by atoms with Gasteiger partial charge in [0.25, 0.3) is 0 Å². The van der Waals surface area contributed by atoms with E-state index in [1.54, 1.807) is 0 Å². The van der Waals surface area contributed by atoms with Crippen LogP contribution in [0.3, 0.4) is 0 Å². The van der Waals surface area contributed by atoms with E-state index < -0.39 is 5.97 Å². The number of hydrogen-bond acceptors (Lipinski definition) is 4. The number of rotatable bonds is 3. The Morgan fingerprint density at radius 1 is 1.35 bits per heavy atom. The molecule has 1 aromatic heterocycles. The fraction of sp³-hybridized carbons (Fsp3) is 0.357. The number of fused-ring (bicyclic) bond motifs is 1. The summed E-state index contributed by atoms with van der Waals surface area (Å²) in [7, 11) is 0. The van der Waals surface area contributed by atoms with Crippen molar-refractivity contribution in [3.8, 4) is 0 Å². The van der Waals surface area contributed by atoms with Gasteiger partial charge in [-0.3, -0.25) is 4.79 Å². The van der Waals surface area contributed by atoms with Gasteiger partial charge in [0.15, 0.2) is 0 Å². The van der Waals surface area contributed by atoms with Gasteiger partial charge in [0, 0.05) is 15.3 Å². The molecule has 0 saturated carbocycles. The van der Waals surface area contributed by atoms with Crippen LogP contribution in [0.4, 0.5) is 0 Å². The molecule has 1 N–H and O–H groups in total. The smallest absolute Gasteiger partial charge is 0.313 e. The number of carbonyl (C=O) groups is 1. The van der Waals surface area contributed by atoms with Crippen LogP contribution < -0.4 is 0 Å². The molecular weight excluding hydrogens is 340 g/mol. The van der Waals surface area contributed by atoms with Crippen molar-refractivity contribution >= 4 is 44.6 Å². The highest BCUT2D eigenvalue weighted by Gasteiger charge is 2.20. The van der Waals surface area contributed by atoms with Crippen LogP contribution in [0, 0.1) is 0 Å². The van der Waals surface area contributed by atoms with Crippen LogP contribution in [0.2, 0.25) is 0 Å². The van der Waals surface area contributed by atoms with Crippen LogP contribution in [-0.4, -0.2) is 26.8 Å². The number of carboxylic acids is 1. The predicted octanol–water partition coefficient (Wildman–Crippen LogP) is 3.87. The Balaban J connectivity index is 2.60. The lowest BCUT2D eigenvalue weighted by Gasteiger charge is -2.18. The van der Waals surface area contributed by atoms with Gasteiger partial charge in [0.1, 0.15) is 10.9 Å². The van der Waals surface area contributed by atoms with Crippen LogP contribution in [0.5, 0.6) is 0 Å². The predicted molar refractivity (Wildman–Crippen MR) is 84.3 cm³/mol. The van der Waals surface area contributed by atoms with Crippen molar-refractivity contribution in [1.29, 1.82) is 0 Å². The maximum atomic E-state index is 10.8. The molecule has 20 heavy (non-hydrogen) atoms. The summed E-state index contributed by atoms with van der Waals surface area (Å²) in [5.41, 5.74) is 0.654. The lowest BCUT2D eigenvalue weighted by Crippen LogP contribution is -2.16. The summed E-state index contributed by atoms with van der Waals surface area (Å²) >= 11 is 4.65. The second kappa shape index (κ2) is 5.69. The first-order valence-corrected chi connectivity index (χ1v) is 7.87. The number of aliphatic carboxylic acids is 1. The molecule has 2 rings (SSSR count). The molecule has 1 heterocycles. The standard InChI is InChI=1S/C14H15BrN2O2S/c1-14(2,3)13-16-10-5-4-8(15)6-9(10)12(17-13)20-7-11(18)19/h4-6H,7H2,1-3H3,(H,18,19). The molecule has 6 heteroatoms. The maximum Gasteiger partial charge on any atom is 0.313 e. The topological polar surface area (TPSA) is 63.1 Å². The summed E-state index contributed by atoms with van der Waals surface area (Å²) in [5, 5.41) is 10.4. The Morgan fingerprint density at radius 3 is 2.65 bits per heavy atom. The third kappa shape index (κ3) is 3.49. The fourth-order valence-electron chi connectivity index (χ4n) is 1.65. The summed E-state index contributed by atoms with van der Waals surface area (Å²) in [6, 6.07) is 5.76. The van der Waals surface area contributed by atoms with Crippen LogP contribution in [0.25, 0.3) is 10.9 Å². The minimum Gasteiger partial charge on any atom is -0.481 e. The Hall–Kier alpha value is -1.14. The van der Waals surface area contributed by atoms with Crippen LogP contribution in [0.15, 0.2) is 27.7 Å². The van der Waals surface area contributed by atoms with Gasteiger partial charge in [-0.25, -0.2) is 9.97 Å². The number of hydrogen-bond donors (Lipinski definition) is 1. The normalized spacial score (nSPS) is 11.8. The van der Waals surface area contributed by atoms with Crippen molar-refractivity contribution in [2.75, 3.05) is 5.75 Å². The molecule has 0 fully saturated rings. The number of nitrogens with zero attached hydrogens (tertiary/aromatic N) is 2. The summed E-state index contributed by atoms with van der Waals surface area (Å²) < 4.78 is 0.925. The van der Waals surface area contributed by atoms with Crippen LogP contribution >= 0.6 is 27.7 Å². The van der Waals surface area contributed by atoms with Gasteiger partial charge in [-0.1, -0.05) is 48.5 Å². The van der Waals surface area contributed by atoms with Crippen molar-refractivity contribution in [1.82, 2.24) is 9.97 Å². The van der Waals surface area contributed by atoms with Crippen molar-refractivity contribution < 1.29 is 9.90 Å². The van der Waals surface area contributed by atoms with E-state index >= 15 is 0 Å². The van der Waals surface area contributed by atoms with E-state index in [2.05, 4.69) is 25.9 Å². The second-order valence-corrected chi connectivity index (χ2v) is 7.33. The molecule has 0 saturated heterocycles. The highest BCUT2D eigenvalue weighted by atomic mass is 79.9. The highest BCUT2D eigenvalue weighted by molar-refractivity contribution is 9.10. The van der Waals surface area contributed by atoms with E-state index in [9.17, 15) is 4.79 Å². The van der Waals surface area contributed by atoms with Crippen molar-refractivity contribution in [3.05, 3.63) is 28.5 Å². The molecule has 0 radical (unpaired) electrons. The van der Waals surface area contributed by atoms with Gasteiger partial charge in [-0.15, -0.1) is 0 Å². The Morgan fingerprint density at radius 2 is 2.05 bits per heavy atom. The number of aromatic nitrogens is 2. The van der Waals surface area contributed by atoms with Crippen LogP contribution in [0.1, 0.15) is 26.6 Å². The Kier molecular flexibility index (Phi) is 4.34. The van der Waals surface area contributed by atoms with E-state index in [1.807, 2.05) is 39.0 Å². The first kappa shape index (κ1) is 15.3. The average Bonchev–Trinajstić information content (AvgIpc) is 2.34. The first-order chi connectivity index (χ1) is 9.27. The zero-order valence-corrected chi connectivity index (χ0v) is 13.9. The number of carboxylic acid groups (broad SMARTS) is 1. The minimum absolute atomic E-state index is 0.0117. The molecule has 1 aromatic carbocycles. The van der Waals surface area contributed by atoms with E-state index in [4.69, 9.17) is 5.11 Å². The molecule has 0 bridgehead atoms. The van der Waals surface area contributed by atoms with Gasteiger partial charge >= 0.3 is 5.97 Å². The fourth-order valence-corrected chi connectivity index (χ4v) is 2.74. The van der Waals surface area contributed by atoms with E-state index in [0.717, 1.165) is 21.2 Å². The highest BCUT2D eigenvalue weighted by Crippen LogP contribution is 2.30. The maximum absolute atomic E-state index is 10.8. The molecule has 0 spiro atoms. The van der Waals surface area contributed by atoms with E-state index in [1.165, 1.54) is 11.8 Å². The Bertz CT molecular complexity index is 668. The summed E-state index contributed by atoms with van der Waals surface area (Å²) in [5.74, 6) is -0.142. The second-order valence-electron chi connectivity index (χ2n) is 5.45. The van der Waals surface area contributed by atoms with Gasteiger partial charge < -0.3 is 5.11 Å². The van der Waals surface area contributed by atoms with Crippen molar-refractivity contribution in [2.45, 2.75) is 31.2 Å². The minimum atomic E-state index is -0.853. The monoisotopic (exact) mass is 354 g/mol. The number of thioether (sulfide) groups is 1. The van der Waals surface area contributed by atoms with Gasteiger partial charge in [0.05, 0.1) is 11.3 Å². The molecule has 106 valence electrons. The number of halogens is 1. The quantitative estimate of drug-likeness (QED) is 0.669. The summed E-state index contributed by atoms with van der Waals surface area (Å²) in [6.07, 6.45) is 0. The summed E-state index contributed by atoms with van der Waals surface area (Å²) in [4.78, 5) is 19.9. The largest absolute Gasteiger partial charge is 0.481 e. The van der Waals surface area contributed by atoms with Gasteiger partial charge in [0.2, 0.25) is 0 Å². The molecule has 0 aliphatic heterocycles. The summed E-state index contributed by atoms with van der Waals surface area (Å²) in [6.45, 7) is 6.12. The van der Waals surface area contributed by atoms with Crippen molar-refractivity contribution in [2.24, 2.45) is 0 Å². The molecule has 0 aliphatic carbocycles. The van der Waals surface area contributed by atoms with Gasteiger partial charge in [-0.05, 0) is 18.2 Å². The zero-order valence-electron chi connectivity index (χ0n) is 11.5. The molecule has 0 atom stereocenters. The molecule has 4 nitrogen and oxygen atoms in total. The zero-order chi connectivity index (χ0) is 14.9. The third-order valence-electron chi connectivity index (χ3n) is 2.63. The first-order valence-electron chi connectivity index (χ1n) is 6.10.